The number of halogens is 1. The van der Waals surface area contributed by atoms with Crippen LogP contribution < -0.4 is 10.6 Å². The number of pyridine rings is 1. The van der Waals surface area contributed by atoms with E-state index in [9.17, 15) is 4.79 Å². The van der Waals surface area contributed by atoms with E-state index in [0.717, 1.165) is 44.2 Å². The van der Waals surface area contributed by atoms with Gasteiger partial charge in [0.25, 0.3) is 0 Å². The summed E-state index contributed by atoms with van der Waals surface area (Å²) in [5.74, 6) is 0.558. The van der Waals surface area contributed by atoms with Crippen LogP contribution in [0.3, 0.4) is 0 Å². The molecular formula is C13H21ClN4OS. The second kappa shape index (κ2) is 9.99. The molecule has 0 saturated carbocycles. The molecule has 0 spiro atoms. The lowest BCUT2D eigenvalue weighted by atomic mass is 10.3. The van der Waals surface area contributed by atoms with Crippen LogP contribution in [0, 0.1) is 0 Å². The molecule has 5 nitrogen and oxygen atoms in total. The first-order valence-electron chi connectivity index (χ1n) is 6.57. The number of rotatable bonds is 6. The molecule has 1 amide bonds. The van der Waals surface area contributed by atoms with Gasteiger partial charge in [0.1, 0.15) is 0 Å². The van der Waals surface area contributed by atoms with Crippen molar-refractivity contribution in [2.45, 2.75) is 4.90 Å². The minimum absolute atomic E-state index is 0. The summed E-state index contributed by atoms with van der Waals surface area (Å²) in [6.45, 7) is 5.91. The topological polar surface area (TPSA) is 57.3 Å². The number of hydrogen-bond acceptors (Lipinski definition) is 5. The molecule has 1 aliphatic rings. The van der Waals surface area contributed by atoms with E-state index in [2.05, 4.69) is 20.5 Å². The number of piperazine rings is 1. The largest absolute Gasteiger partial charge is 0.354 e. The molecule has 1 aromatic heterocycles. The van der Waals surface area contributed by atoms with Crippen LogP contribution in [-0.4, -0.2) is 60.8 Å². The third-order valence-corrected chi connectivity index (χ3v) is 3.99. The smallest absolute Gasteiger partial charge is 0.230 e. The Kier molecular flexibility index (Phi) is 8.60. The molecule has 0 unspecified atom stereocenters. The van der Waals surface area contributed by atoms with Crippen LogP contribution in [0.15, 0.2) is 29.4 Å². The van der Waals surface area contributed by atoms with E-state index < -0.39 is 0 Å². The molecular weight excluding hydrogens is 296 g/mol. The molecule has 0 aromatic carbocycles. The van der Waals surface area contributed by atoms with Crippen LogP contribution in [0.2, 0.25) is 0 Å². The Morgan fingerprint density at radius 1 is 1.35 bits per heavy atom. The molecule has 2 heterocycles. The lowest BCUT2D eigenvalue weighted by Crippen LogP contribution is -2.46. The molecule has 112 valence electrons. The quantitative estimate of drug-likeness (QED) is 0.754. The van der Waals surface area contributed by atoms with Gasteiger partial charge in [0.05, 0.1) is 5.75 Å². The highest BCUT2D eigenvalue weighted by Gasteiger charge is 2.09. The van der Waals surface area contributed by atoms with Crippen molar-refractivity contribution < 1.29 is 4.79 Å². The van der Waals surface area contributed by atoms with E-state index in [1.165, 1.54) is 11.8 Å². The van der Waals surface area contributed by atoms with Gasteiger partial charge in [0.2, 0.25) is 5.91 Å². The molecule has 7 heteroatoms. The number of carbonyl (C=O) groups excluding carboxylic acids is 1. The van der Waals surface area contributed by atoms with Gasteiger partial charge in [-0.1, -0.05) is 0 Å². The standard InChI is InChI=1S/C13H20N4OS.ClH/c18-13(11-19-12-1-3-14-4-2-12)16-7-10-17-8-5-15-6-9-17;/h1-4,15H,5-11H2,(H,16,18);1H. The number of thioether (sulfide) groups is 1. The van der Waals surface area contributed by atoms with Crippen LogP contribution in [0.1, 0.15) is 0 Å². The zero-order valence-electron chi connectivity index (χ0n) is 11.4. The van der Waals surface area contributed by atoms with Crippen LogP contribution in [0.5, 0.6) is 0 Å². The minimum Gasteiger partial charge on any atom is -0.354 e. The molecule has 0 bridgehead atoms. The van der Waals surface area contributed by atoms with E-state index in [1.54, 1.807) is 12.4 Å². The summed E-state index contributed by atoms with van der Waals surface area (Å²) in [6, 6.07) is 3.83. The highest BCUT2D eigenvalue weighted by atomic mass is 35.5. The highest BCUT2D eigenvalue weighted by molar-refractivity contribution is 8.00. The zero-order valence-corrected chi connectivity index (χ0v) is 13.0. The SMILES string of the molecule is Cl.O=C(CSc1ccncc1)NCCN1CCNCC1. The van der Waals surface area contributed by atoms with Crippen molar-refractivity contribution in [2.24, 2.45) is 0 Å². The maximum absolute atomic E-state index is 11.7. The van der Waals surface area contributed by atoms with Crippen LogP contribution >= 0.6 is 24.2 Å². The first-order chi connectivity index (χ1) is 9.34. The van der Waals surface area contributed by atoms with Crippen molar-refractivity contribution in [1.29, 1.82) is 0 Å². The maximum atomic E-state index is 11.7. The molecule has 0 aliphatic carbocycles. The molecule has 2 rings (SSSR count). The Morgan fingerprint density at radius 2 is 2.05 bits per heavy atom. The molecule has 0 atom stereocenters. The number of amides is 1. The second-order valence-corrected chi connectivity index (χ2v) is 5.46. The number of nitrogens with one attached hydrogen (secondary N) is 2. The van der Waals surface area contributed by atoms with Gasteiger partial charge in [-0.2, -0.15) is 0 Å². The maximum Gasteiger partial charge on any atom is 0.230 e. The number of carbonyl (C=O) groups is 1. The fourth-order valence-corrected chi connectivity index (χ4v) is 2.64. The highest BCUT2D eigenvalue weighted by Crippen LogP contribution is 2.15. The summed E-state index contributed by atoms with van der Waals surface area (Å²) in [5.41, 5.74) is 0. The molecule has 1 aliphatic heterocycles. The van der Waals surface area contributed by atoms with E-state index in [1.807, 2.05) is 12.1 Å². The van der Waals surface area contributed by atoms with Crippen molar-refractivity contribution in [1.82, 2.24) is 20.5 Å². The Hall–Kier alpha value is -0.820. The van der Waals surface area contributed by atoms with Crippen molar-refractivity contribution >= 4 is 30.1 Å². The first kappa shape index (κ1) is 17.2. The van der Waals surface area contributed by atoms with Gasteiger partial charge in [0, 0.05) is 56.6 Å². The van der Waals surface area contributed by atoms with Gasteiger partial charge in [-0.25, -0.2) is 0 Å². The minimum atomic E-state index is 0. The Bertz CT molecular complexity index is 387. The molecule has 0 radical (unpaired) electrons. The van der Waals surface area contributed by atoms with Gasteiger partial charge in [-0.15, -0.1) is 24.2 Å². The third-order valence-electron chi connectivity index (χ3n) is 2.98. The summed E-state index contributed by atoms with van der Waals surface area (Å²) in [7, 11) is 0. The normalized spacial score (nSPS) is 15.4. The molecule has 1 saturated heterocycles. The Labute approximate surface area is 130 Å². The molecule has 2 N–H and O–H groups in total. The van der Waals surface area contributed by atoms with Crippen LogP contribution in [-0.2, 0) is 4.79 Å². The van der Waals surface area contributed by atoms with Crippen molar-refractivity contribution in [3.05, 3.63) is 24.5 Å². The predicted molar refractivity (Wildman–Crippen MR) is 84.5 cm³/mol. The average molecular weight is 317 g/mol. The number of hydrogen-bond donors (Lipinski definition) is 2. The summed E-state index contributed by atoms with van der Waals surface area (Å²) in [5, 5.41) is 6.28. The van der Waals surface area contributed by atoms with E-state index in [-0.39, 0.29) is 18.3 Å². The van der Waals surface area contributed by atoms with Crippen LogP contribution in [0.4, 0.5) is 0 Å². The van der Waals surface area contributed by atoms with Crippen molar-refractivity contribution in [2.75, 3.05) is 45.0 Å². The van der Waals surface area contributed by atoms with Crippen molar-refractivity contribution in [3.63, 3.8) is 0 Å². The van der Waals surface area contributed by atoms with E-state index in [4.69, 9.17) is 0 Å². The number of aromatic nitrogens is 1. The molecule has 20 heavy (non-hydrogen) atoms. The lowest BCUT2D eigenvalue weighted by molar-refractivity contribution is -0.118. The summed E-state index contributed by atoms with van der Waals surface area (Å²) >= 11 is 1.54. The van der Waals surface area contributed by atoms with Gasteiger partial charge in [-0.3, -0.25) is 14.7 Å². The lowest BCUT2D eigenvalue weighted by Gasteiger charge is -2.27. The van der Waals surface area contributed by atoms with Gasteiger partial charge < -0.3 is 10.6 Å². The zero-order chi connectivity index (χ0) is 13.3. The monoisotopic (exact) mass is 316 g/mol. The predicted octanol–water partition coefficient (Wildman–Crippen LogP) is 0.617. The number of nitrogens with zero attached hydrogens (tertiary/aromatic N) is 2. The third kappa shape index (κ3) is 6.56. The van der Waals surface area contributed by atoms with E-state index >= 15 is 0 Å². The summed E-state index contributed by atoms with van der Waals surface area (Å²) in [6.07, 6.45) is 3.48. The first-order valence-corrected chi connectivity index (χ1v) is 7.56. The Balaban J connectivity index is 0.00000200. The van der Waals surface area contributed by atoms with Crippen molar-refractivity contribution in [3.8, 4) is 0 Å². The fourth-order valence-electron chi connectivity index (χ4n) is 1.92. The van der Waals surface area contributed by atoms with Crippen LogP contribution in [0.25, 0.3) is 0 Å². The summed E-state index contributed by atoms with van der Waals surface area (Å²) < 4.78 is 0. The van der Waals surface area contributed by atoms with E-state index in [0.29, 0.717) is 5.75 Å². The fraction of sp³-hybridized carbons (Fsp3) is 0.538. The Morgan fingerprint density at radius 3 is 2.75 bits per heavy atom. The van der Waals surface area contributed by atoms with Gasteiger partial charge in [0.15, 0.2) is 0 Å². The molecule has 1 fully saturated rings. The van der Waals surface area contributed by atoms with Gasteiger partial charge in [-0.05, 0) is 12.1 Å². The second-order valence-electron chi connectivity index (χ2n) is 4.41. The molecule has 1 aromatic rings. The average Bonchev–Trinajstić information content (AvgIpc) is 2.47. The summed E-state index contributed by atoms with van der Waals surface area (Å²) in [4.78, 5) is 19.1. The van der Waals surface area contributed by atoms with Gasteiger partial charge >= 0.3 is 0 Å².